The summed E-state index contributed by atoms with van der Waals surface area (Å²) in [6.45, 7) is 3.26. The molecule has 8 nitrogen and oxygen atoms in total. The van der Waals surface area contributed by atoms with Gasteiger partial charge in [0.2, 0.25) is 17.7 Å². The number of hydrogen-bond acceptors (Lipinski definition) is 5. The second-order valence-electron chi connectivity index (χ2n) is 11.3. The van der Waals surface area contributed by atoms with Crippen molar-refractivity contribution in [2.24, 2.45) is 11.8 Å². The summed E-state index contributed by atoms with van der Waals surface area (Å²) in [7, 11) is 0. The quantitative estimate of drug-likeness (QED) is 0.436. The Hall–Kier alpha value is -3.78. The predicted octanol–water partition coefficient (Wildman–Crippen LogP) is 4.02. The Balaban J connectivity index is 1.41. The summed E-state index contributed by atoms with van der Waals surface area (Å²) >= 11 is 0. The average Bonchev–Trinajstić information content (AvgIpc) is 3.50. The molecule has 3 fully saturated rings. The molecule has 0 unspecified atom stereocenters. The van der Waals surface area contributed by atoms with E-state index in [9.17, 15) is 19.2 Å². The zero-order valence-corrected chi connectivity index (χ0v) is 22.2. The van der Waals surface area contributed by atoms with Gasteiger partial charge in [-0.25, -0.2) is 0 Å². The van der Waals surface area contributed by atoms with Gasteiger partial charge in [-0.2, -0.15) is 0 Å². The fourth-order valence-electron chi connectivity index (χ4n) is 6.96. The van der Waals surface area contributed by atoms with Gasteiger partial charge in [0.15, 0.2) is 5.78 Å². The van der Waals surface area contributed by atoms with Gasteiger partial charge in [-0.3, -0.25) is 24.1 Å². The van der Waals surface area contributed by atoms with E-state index in [0.717, 1.165) is 32.1 Å². The summed E-state index contributed by atoms with van der Waals surface area (Å²) in [6.07, 6.45) is 8.64. The number of carbonyl (C=O) groups is 4. The molecule has 3 amide bonds. The summed E-state index contributed by atoms with van der Waals surface area (Å²) in [5, 5.41) is 6.13. The number of Topliss-reactive ketones (excluding diaryl/α,β-unsaturated/α-hetero) is 1. The smallest absolute Gasteiger partial charge is 0.246 e. The minimum Gasteiger partial charge on any atom is -0.356 e. The molecule has 1 spiro atoms. The lowest BCUT2D eigenvalue weighted by Gasteiger charge is -2.34. The van der Waals surface area contributed by atoms with E-state index in [1.54, 1.807) is 43.3 Å². The van der Waals surface area contributed by atoms with Crippen molar-refractivity contribution in [3.05, 3.63) is 72.3 Å². The molecule has 0 radical (unpaired) electrons. The number of fused-ring (bicyclic) bond motifs is 1. The molecular weight excluding hydrogens is 494 g/mol. The first kappa shape index (κ1) is 25.5. The molecule has 0 aromatic heterocycles. The molecule has 5 atom stereocenters. The molecule has 39 heavy (non-hydrogen) atoms. The zero-order chi connectivity index (χ0) is 27.4. The summed E-state index contributed by atoms with van der Waals surface area (Å²) < 4.78 is 6.60. The first-order chi connectivity index (χ1) is 18.7. The van der Waals surface area contributed by atoms with Crippen molar-refractivity contribution in [2.75, 3.05) is 10.2 Å². The standard InChI is InChI=1S/C31H33N3O5/c1-19(35)20-10-9-15-23(18-20)34-26(28(37)33-22-13-7-4-8-14-22)31-17-16-30(2,39-31)24(25(31)29(34)38)27(36)32-21-11-5-3-6-12-21/h3,5-6,9-12,15-18,22,24-26H,4,7-8,13-14H2,1-2H3,(H,32,36)(H,33,37)/t24-,25+,26-,30-,31+/m1/s1. The normalized spacial score (nSPS) is 31.3. The Bertz CT molecular complexity index is 1370. The number of hydrogen-bond donors (Lipinski definition) is 2. The summed E-state index contributed by atoms with van der Waals surface area (Å²) in [4.78, 5) is 55.8. The van der Waals surface area contributed by atoms with Crippen molar-refractivity contribution in [3.8, 4) is 0 Å². The van der Waals surface area contributed by atoms with Crippen LogP contribution in [0.5, 0.6) is 0 Å². The second-order valence-corrected chi connectivity index (χ2v) is 11.3. The number of nitrogens with zero attached hydrogens (tertiary/aromatic N) is 1. The van der Waals surface area contributed by atoms with E-state index in [-0.39, 0.29) is 29.5 Å². The molecule has 4 aliphatic rings. The molecule has 2 aromatic carbocycles. The van der Waals surface area contributed by atoms with Gasteiger partial charge in [0.25, 0.3) is 0 Å². The molecule has 8 heteroatoms. The Labute approximate surface area is 227 Å². The van der Waals surface area contributed by atoms with Crippen LogP contribution in [0, 0.1) is 11.8 Å². The number of rotatable bonds is 6. The van der Waals surface area contributed by atoms with E-state index < -0.39 is 29.1 Å². The number of benzene rings is 2. The van der Waals surface area contributed by atoms with Gasteiger partial charge in [-0.05, 0) is 51.0 Å². The van der Waals surface area contributed by atoms with Crippen molar-refractivity contribution >= 4 is 34.9 Å². The molecule has 202 valence electrons. The lowest BCUT2D eigenvalue weighted by Crippen LogP contribution is -2.56. The fourth-order valence-corrected chi connectivity index (χ4v) is 6.96. The minimum absolute atomic E-state index is 0.0255. The first-order valence-corrected chi connectivity index (χ1v) is 13.7. The molecule has 3 aliphatic heterocycles. The van der Waals surface area contributed by atoms with Crippen molar-refractivity contribution in [1.29, 1.82) is 0 Å². The van der Waals surface area contributed by atoms with Gasteiger partial charge in [0.05, 0.1) is 17.4 Å². The highest BCUT2D eigenvalue weighted by Gasteiger charge is 2.76. The molecule has 1 aliphatic carbocycles. The third kappa shape index (κ3) is 4.09. The largest absolute Gasteiger partial charge is 0.356 e. The number of carbonyl (C=O) groups excluding carboxylic acids is 4. The Morgan fingerprint density at radius 1 is 0.949 bits per heavy atom. The third-order valence-corrected chi connectivity index (χ3v) is 8.75. The molecule has 2 saturated heterocycles. The van der Waals surface area contributed by atoms with Crippen LogP contribution in [0.1, 0.15) is 56.3 Å². The molecule has 2 aromatic rings. The van der Waals surface area contributed by atoms with Crippen LogP contribution in [0.25, 0.3) is 0 Å². The molecular formula is C31H33N3O5. The second kappa shape index (κ2) is 9.45. The topological polar surface area (TPSA) is 105 Å². The van der Waals surface area contributed by atoms with Crippen LogP contribution in [-0.2, 0) is 19.1 Å². The summed E-state index contributed by atoms with van der Waals surface area (Å²) in [5.41, 5.74) is -0.860. The van der Waals surface area contributed by atoms with E-state index in [2.05, 4.69) is 10.6 Å². The van der Waals surface area contributed by atoms with Crippen molar-refractivity contribution in [1.82, 2.24) is 5.32 Å². The van der Waals surface area contributed by atoms with Crippen LogP contribution in [-0.4, -0.2) is 46.8 Å². The highest BCUT2D eigenvalue weighted by molar-refractivity contribution is 6.12. The van der Waals surface area contributed by atoms with Crippen LogP contribution in [0.15, 0.2) is 66.7 Å². The lowest BCUT2D eigenvalue weighted by molar-refractivity contribution is -0.131. The Morgan fingerprint density at radius 2 is 1.69 bits per heavy atom. The maximum Gasteiger partial charge on any atom is 0.246 e. The Morgan fingerprint density at radius 3 is 2.41 bits per heavy atom. The third-order valence-electron chi connectivity index (χ3n) is 8.75. The highest BCUT2D eigenvalue weighted by Crippen LogP contribution is 2.60. The molecule has 3 heterocycles. The van der Waals surface area contributed by atoms with E-state index >= 15 is 0 Å². The van der Waals surface area contributed by atoms with Crippen LogP contribution < -0.4 is 15.5 Å². The number of para-hydroxylation sites is 1. The zero-order valence-electron chi connectivity index (χ0n) is 22.2. The van der Waals surface area contributed by atoms with Crippen molar-refractivity contribution in [2.45, 2.75) is 69.2 Å². The molecule has 2 bridgehead atoms. The van der Waals surface area contributed by atoms with Gasteiger partial charge in [0.1, 0.15) is 11.6 Å². The van der Waals surface area contributed by atoms with E-state index in [0.29, 0.717) is 16.9 Å². The number of nitrogens with one attached hydrogen (secondary N) is 2. The molecule has 6 rings (SSSR count). The molecule has 1 saturated carbocycles. The Kier molecular flexibility index (Phi) is 6.18. The minimum atomic E-state index is -1.31. The molecule has 2 N–H and O–H groups in total. The van der Waals surface area contributed by atoms with Gasteiger partial charge in [-0.1, -0.05) is 61.7 Å². The van der Waals surface area contributed by atoms with Crippen LogP contribution in [0.4, 0.5) is 11.4 Å². The number of ketones is 1. The summed E-state index contributed by atoms with van der Waals surface area (Å²) in [6, 6.07) is 14.8. The van der Waals surface area contributed by atoms with Crippen molar-refractivity contribution < 1.29 is 23.9 Å². The lowest BCUT2D eigenvalue weighted by atomic mass is 9.70. The number of ether oxygens (including phenoxy) is 1. The predicted molar refractivity (Wildman–Crippen MR) is 146 cm³/mol. The van der Waals surface area contributed by atoms with Gasteiger partial charge < -0.3 is 15.4 Å². The monoisotopic (exact) mass is 527 g/mol. The van der Waals surface area contributed by atoms with Crippen LogP contribution in [0.2, 0.25) is 0 Å². The number of amides is 3. The van der Waals surface area contributed by atoms with E-state index in [1.807, 2.05) is 30.4 Å². The van der Waals surface area contributed by atoms with Crippen LogP contribution >= 0.6 is 0 Å². The van der Waals surface area contributed by atoms with E-state index in [4.69, 9.17) is 4.74 Å². The highest BCUT2D eigenvalue weighted by atomic mass is 16.5. The van der Waals surface area contributed by atoms with E-state index in [1.165, 1.54) is 11.8 Å². The fraction of sp³-hybridized carbons (Fsp3) is 0.419. The van der Waals surface area contributed by atoms with Gasteiger partial charge in [0, 0.05) is 23.0 Å². The van der Waals surface area contributed by atoms with Crippen molar-refractivity contribution in [3.63, 3.8) is 0 Å². The maximum absolute atomic E-state index is 14.3. The summed E-state index contributed by atoms with van der Waals surface area (Å²) in [5.74, 6) is -2.89. The first-order valence-electron chi connectivity index (χ1n) is 13.7. The van der Waals surface area contributed by atoms with Crippen LogP contribution in [0.3, 0.4) is 0 Å². The maximum atomic E-state index is 14.3. The van der Waals surface area contributed by atoms with Gasteiger partial charge >= 0.3 is 0 Å². The van der Waals surface area contributed by atoms with Gasteiger partial charge in [-0.15, -0.1) is 0 Å². The SMILES string of the molecule is CC(=O)c1cccc(N2C(=O)[C@@H]3[C@H](C(=O)Nc4ccccc4)[C@@]4(C)C=C[C@@]3(O4)[C@H]2C(=O)NC2CCCCC2)c1. The number of anilines is 2. The average molecular weight is 528 g/mol.